The first-order valence-electron chi connectivity index (χ1n) is 11.6. The third-order valence-corrected chi connectivity index (χ3v) is 7.10. The van der Waals surface area contributed by atoms with Crippen LogP contribution in [0.15, 0.2) is 83.5 Å². The summed E-state index contributed by atoms with van der Waals surface area (Å²) in [5.41, 5.74) is 4.13. The van der Waals surface area contributed by atoms with Crippen molar-refractivity contribution in [2.45, 2.75) is 13.0 Å². The minimum Gasteiger partial charge on any atom is -0.493 e. The van der Waals surface area contributed by atoms with E-state index < -0.39 is 0 Å². The second-order valence-electron chi connectivity index (χ2n) is 8.18. The molecule has 0 atom stereocenters. The topological polar surface area (TPSA) is 60.7 Å². The third kappa shape index (κ3) is 6.28. The van der Waals surface area contributed by atoms with Gasteiger partial charge in [0.05, 0.1) is 29.4 Å². The van der Waals surface area contributed by atoms with Crippen LogP contribution in [0.2, 0.25) is 8.67 Å². The molecule has 8 heteroatoms. The van der Waals surface area contributed by atoms with E-state index in [1.54, 1.807) is 12.3 Å². The summed E-state index contributed by atoms with van der Waals surface area (Å²) in [6, 6.07) is 26.3. The van der Waals surface area contributed by atoms with Crippen LogP contribution in [0, 0.1) is 6.07 Å². The van der Waals surface area contributed by atoms with Gasteiger partial charge < -0.3 is 19.2 Å². The van der Waals surface area contributed by atoms with Crippen LogP contribution in [-0.4, -0.2) is 19.1 Å². The molecule has 0 aliphatic carbocycles. The summed E-state index contributed by atoms with van der Waals surface area (Å²) in [6.45, 7) is 1.26. The van der Waals surface area contributed by atoms with E-state index >= 15 is 0 Å². The Hall–Kier alpha value is -3.45. The van der Waals surface area contributed by atoms with Gasteiger partial charge in [0, 0.05) is 36.0 Å². The van der Waals surface area contributed by atoms with E-state index in [9.17, 15) is 4.79 Å². The Bertz CT molecular complexity index is 1510. The molecular weight excluding hydrogens is 529 g/mol. The van der Waals surface area contributed by atoms with Crippen molar-refractivity contribution in [1.29, 1.82) is 0 Å². The molecule has 1 amide bonds. The number of benzene rings is 3. The number of nitrogens with one attached hydrogen (secondary N) is 1. The summed E-state index contributed by atoms with van der Waals surface area (Å²) >= 11 is 13.1. The van der Waals surface area contributed by atoms with E-state index in [-0.39, 0.29) is 5.91 Å². The number of thiophene rings is 1. The lowest BCUT2D eigenvalue weighted by Gasteiger charge is -2.09. The lowest BCUT2D eigenvalue weighted by molar-refractivity contribution is 0.0951. The van der Waals surface area contributed by atoms with E-state index in [1.807, 2.05) is 54.6 Å². The molecule has 1 radical (unpaired) electrons. The summed E-state index contributed by atoms with van der Waals surface area (Å²) in [4.78, 5) is 12.3. The molecule has 2 heterocycles. The Morgan fingerprint density at radius 2 is 1.81 bits per heavy atom. The van der Waals surface area contributed by atoms with Crippen LogP contribution in [-0.2, 0) is 6.54 Å². The Morgan fingerprint density at radius 3 is 2.62 bits per heavy atom. The molecule has 3 aromatic carbocycles. The number of carbonyl (C=O) groups excluding carboxylic acids is 1. The molecular formula is C29H22Cl2NO4S. The molecule has 0 saturated carbocycles. The molecule has 0 spiro atoms. The van der Waals surface area contributed by atoms with Gasteiger partial charge in [-0.25, -0.2) is 0 Å². The van der Waals surface area contributed by atoms with Gasteiger partial charge in [-0.2, -0.15) is 0 Å². The maximum atomic E-state index is 12.3. The van der Waals surface area contributed by atoms with E-state index in [1.165, 1.54) is 0 Å². The number of halogens is 2. The maximum Gasteiger partial charge on any atom is 0.253 e. The van der Waals surface area contributed by atoms with Crippen LogP contribution in [0.25, 0.3) is 22.1 Å². The molecule has 2 aromatic heterocycles. The van der Waals surface area contributed by atoms with Crippen LogP contribution < -0.4 is 14.8 Å². The van der Waals surface area contributed by atoms with Gasteiger partial charge in [0.1, 0.15) is 21.4 Å². The average molecular weight is 551 g/mol. The highest BCUT2D eigenvalue weighted by molar-refractivity contribution is 7.20. The van der Waals surface area contributed by atoms with Crippen LogP contribution in [0.3, 0.4) is 0 Å². The molecule has 0 bridgehead atoms. The SMILES string of the molecule is O=C(NCc1[c]c(OCCCOc2ccc3c(-c4ccccc4)coc3c2)ccc1)c1cc(Cl)sc1Cl. The summed E-state index contributed by atoms with van der Waals surface area (Å²) in [6.07, 6.45) is 2.47. The molecule has 5 rings (SSSR count). The zero-order valence-electron chi connectivity index (χ0n) is 19.6. The van der Waals surface area contributed by atoms with Gasteiger partial charge in [-0.15, -0.1) is 11.3 Å². The summed E-state index contributed by atoms with van der Waals surface area (Å²) in [7, 11) is 0. The van der Waals surface area contributed by atoms with Crippen molar-refractivity contribution in [1.82, 2.24) is 5.32 Å². The first-order chi connectivity index (χ1) is 18.1. The lowest BCUT2D eigenvalue weighted by Crippen LogP contribution is -2.22. The molecule has 0 aliphatic heterocycles. The molecule has 0 saturated heterocycles. The largest absolute Gasteiger partial charge is 0.493 e. The van der Waals surface area contributed by atoms with Crippen LogP contribution >= 0.6 is 34.5 Å². The quantitative estimate of drug-likeness (QED) is 0.179. The fourth-order valence-electron chi connectivity index (χ4n) is 3.82. The van der Waals surface area contributed by atoms with Crippen LogP contribution in [0.1, 0.15) is 22.3 Å². The van der Waals surface area contributed by atoms with Crippen molar-refractivity contribution in [3.05, 3.63) is 105 Å². The summed E-state index contributed by atoms with van der Waals surface area (Å²) in [5, 5.41) is 3.88. The second-order valence-corrected chi connectivity index (χ2v) is 10.5. The molecule has 5 aromatic rings. The highest BCUT2D eigenvalue weighted by atomic mass is 35.5. The number of ether oxygens (including phenoxy) is 2. The third-order valence-electron chi connectivity index (χ3n) is 5.62. The number of hydrogen-bond donors (Lipinski definition) is 1. The van der Waals surface area contributed by atoms with Gasteiger partial charge in [0.15, 0.2) is 0 Å². The predicted octanol–water partition coefficient (Wildman–Crippen LogP) is 8.05. The van der Waals surface area contributed by atoms with Crippen molar-refractivity contribution in [2.24, 2.45) is 0 Å². The first-order valence-corrected chi connectivity index (χ1v) is 13.2. The molecule has 5 nitrogen and oxygen atoms in total. The summed E-state index contributed by atoms with van der Waals surface area (Å²) < 4.78 is 18.3. The standard InChI is InChI=1S/C29H22Cl2NO4S/c30-27-16-24(28(31)37-27)29(33)32-17-19-6-4-9-21(14-19)34-12-5-13-35-22-10-11-23-25(18-36-26(23)15-22)20-7-2-1-3-8-20/h1-4,6-11,15-16,18H,5,12-13,17H2,(H,32,33). The van der Waals surface area contributed by atoms with Gasteiger partial charge in [-0.1, -0.05) is 65.7 Å². The lowest BCUT2D eigenvalue weighted by atomic mass is 10.1. The number of rotatable bonds is 10. The minimum absolute atomic E-state index is 0.283. The van der Waals surface area contributed by atoms with E-state index in [0.717, 1.165) is 44.7 Å². The molecule has 0 unspecified atom stereocenters. The van der Waals surface area contributed by atoms with Gasteiger partial charge in [-0.3, -0.25) is 4.79 Å². The van der Waals surface area contributed by atoms with E-state index in [2.05, 4.69) is 23.5 Å². The Labute approximate surface area is 228 Å². The second kappa shape index (κ2) is 11.7. The van der Waals surface area contributed by atoms with Crippen molar-refractivity contribution in [3.8, 4) is 22.6 Å². The van der Waals surface area contributed by atoms with Gasteiger partial charge in [0.25, 0.3) is 5.91 Å². The van der Waals surface area contributed by atoms with Crippen LogP contribution in [0.5, 0.6) is 11.5 Å². The normalized spacial score (nSPS) is 11.0. The molecule has 0 fully saturated rings. The fraction of sp³-hybridized carbons (Fsp3) is 0.138. The van der Waals surface area contributed by atoms with Gasteiger partial charge in [0.2, 0.25) is 0 Å². The monoisotopic (exact) mass is 550 g/mol. The highest BCUT2D eigenvalue weighted by Crippen LogP contribution is 2.33. The Balaban J connectivity index is 1.08. The summed E-state index contributed by atoms with van der Waals surface area (Å²) in [5.74, 6) is 1.07. The molecule has 1 N–H and O–H groups in total. The number of carbonyl (C=O) groups is 1. The predicted molar refractivity (Wildman–Crippen MR) is 148 cm³/mol. The fourth-order valence-corrected chi connectivity index (χ4v) is 5.28. The van der Waals surface area contributed by atoms with Crippen LogP contribution in [0.4, 0.5) is 0 Å². The van der Waals surface area contributed by atoms with Crippen molar-refractivity contribution in [3.63, 3.8) is 0 Å². The number of furan rings is 1. The molecule has 187 valence electrons. The van der Waals surface area contributed by atoms with Crippen molar-refractivity contribution >= 4 is 51.4 Å². The smallest absolute Gasteiger partial charge is 0.253 e. The zero-order valence-corrected chi connectivity index (χ0v) is 22.0. The zero-order chi connectivity index (χ0) is 25.6. The average Bonchev–Trinajstić information content (AvgIpc) is 3.49. The van der Waals surface area contributed by atoms with E-state index in [0.29, 0.717) is 46.2 Å². The van der Waals surface area contributed by atoms with Crippen molar-refractivity contribution in [2.75, 3.05) is 13.2 Å². The van der Waals surface area contributed by atoms with E-state index in [4.69, 9.17) is 37.1 Å². The Morgan fingerprint density at radius 1 is 0.973 bits per heavy atom. The van der Waals surface area contributed by atoms with Gasteiger partial charge >= 0.3 is 0 Å². The number of amides is 1. The minimum atomic E-state index is -0.283. The maximum absolute atomic E-state index is 12.3. The molecule has 37 heavy (non-hydrogen) atoms. The molecule has 0 aliphatic rings. The van der Waals surface area contributed by atoms with Gasteiger partial charge in [-0.05, 0) is 35.4 Å². The number of hydrogen-bond acceptors (Lipinski definition) is 5. The highest BCUT2D eigenvalue weighted by Gasteiger charge is 2.14. The van der Waals surface area contributed by atoms with Crippen molar-refractivity contribution < 1.29 is 18.7 Å². The Kier molecular flexibility index (Phi) is 7.99. The first kappa shape index (κ1) is 25.2. The number of fused-ring (bicyclic) bond motifs is 1.